The zero-order chi connectivity index (χ0) is 26.1. The molecule has 2 aliphatic heterocycles. The van der Waals surface area contributed by atoms with Crippen molar-refractivity contribution in [3.63, 3.8) is 0 Å². The van der Waals surface area contributed by atoms with Gasteiger partial charge < -0.3 is 4.90 Å². The third-order valence-corrected chi connectivity index (χ3v) is 8.42. The van der Waals surface area contributed by atoms with Crippen LogP contribution in [0.1, 0.15) is 12.0 Å². The van der Waals surface area contributed by atoms with E-state index in [2.05, 4.69) is 63.2 Å². The highest BCUT2D eigenvalue weighted by atomic mass is 35.5. The summed E-state index contributed by atoms with van der Waals surface area (Å²) in [4.78, 5) is 18.9. The number of halogens is 1. The van der Waals surface area contributed by atoms with Crippen LogP contribution in [0.2, 0.25) is 0 Å². The Kier molecular flexibility index (Phi) is 5.80. The molecule has 0 amide bonds. The number of fused-ring (bicyclic) bond motifs is 4. The molecule has 0 radical (unpaired) electrons. The maximum Gasteiger partial charge on any atom is 0.164 e. The Morgan fingerprint density at radius 1 is 0.875 bits per heavy atom. The van der Waals surface area contributed by atoms with E-state index in [-0.39, 0.29) is 12.4 Å². The molecule has 5 aromatic heterocycles. The molecule has 7 heterocycles. The first kappa shape index (κ1) is 24.7. The fourth-order valence-electron chi connectivity index (χ4n) is 6.37. The van der Waals surface area contributed by atoms with Crippen molar-refractivity contribution in [1.82, 2.24) is 39.7 Å². The maximum atomic E-state index is 5.14. The highest BCUT2D eigenvalue weighted by molar-refractivity contribution is 6.03. The van der Waals surface area contributed by atoms with Crippen LogP contribution in [-0.2, 0) is 0 Å². The van der Waals surface area contributed by atoms with E-state index in [9.17, 15) is 0 Å². The summed E-state index contributed by atoms with van der Waals surface area (Å²) >= 11 is 0. The molecule has 2 saturated heterocycles. The van der Waals surface area contributed by atoms with Crippen LogP contribution in [0.3, 0.4) is 0 Å². The summed E-state index contributed by atoms with van der Waals surface area (Å²) < 4.78 is 1.94. The second-order valence-electron chi connectivity index (χ2n) is 10.7. The van der Waals surface area contributed by atoms with Crippen LogP contribution in [0.4, 0.5) is 5.82 Å². The molecule has 0 unspecified atom stereocenters. The van der Waals surface area contributed by atoms with Crippen molar-refractivity contribution in [2.45, 2.75) is 25.4 Å². The van der Waals surface area contributed by atoms with Crippen LogP contribution in [0, 0.1) is 6.92 Å². The molecule has 0 spiro atoms. The standard InChI is InChI=1S/C30H27N9.ClH/c1-18-3-5-23(24-15-34-35-28(18)24)27-29(19-7-10-31-11-8-19)36-39-25(9-12-32-30(27)39)20-4-6-26(33-14-20)38-17-21-13-22(38)16-37(21)2;/h3-12,14-15,21-22H,13,16-17H2,1-2H3,(H,34,35);1H/t21-,22-;/m0./s1. The summed E-state index contributed by atoms with van der Waals surface area (Å²) in [5.41, 5.74) is 8.74. The quantitative estimate of drug-likeness (QED) is 0.330. The first-order valence-corrected chi connectivity index (χ1v) is 13.3. The molecule has 1 N–H and O–H groups in total. The van der Waals surface area contributed by atoms with E-state index in [0.29, 0.717) is 12.1 Å². The molecular formula is C30H28ClN9. The number of rotatable bonds is 4. The minimum atomic E-state index is 0. The summed E-state index contributed by atoms with van der Waals surface area (Å²) in [6, 6.07) is 15.7. The Balaban J connectivity index is 0.00000264. The molecule has 200 valence electrons. The van der Waals surface area contributed by atoms with E-state index in [4.69, 9.17) is 15.1 Å². The summed E-state index contributed by atoms with van der Waals surface area (Å²) in [6.07, 6.45) is 10.5. The number of hydrogen-bond acceptors (Lipinski definition) is 7. The minimum Gasteiger partial charge on any atom is -0.351 e. The molecule has 0 aliphatic carbocycles. The molecule has 0 saturated carbocycles. The Labute approximate surface area is 237 Å². The van der Waals surface area contributed by atoms with Gasteiger partial charge in [-0.15, -0.1) is 12.4 Å². The predicted molar refractivity (Wildman–Crippen MR) is 159 cm³/mol. The summed E-state index contributed by atoms with van der Waals surface area (Å²) in [5, 5.41) is 13.7. The van der Waals surface area contributed by atoms with Crippen molar-refractivity contribution in [2.24, 2.45) is 0 Å². The lowest BCUT2D eigenvalue weighted by molar-refractivity contribution is 0.292. The lowest BCUT2D eigenvalue weighted by Crippen LogP contribution is -2.44. The predicted octanol–water partition coefficient (Wildman–Crippen LogP) is 5.02. The number of likely N-dealkylation sites (N-methyl/N-ethyl adjacent to an activating group) is 1. The molecule has 2 aliphatic rings. The van der Waals surface area contributed by atoms with E-state index in [1.807, 2.05) is 41.3 Å². The molecule has 2 fully saturated rings. The van der Waals surface area contributed by atoms with Gasteiger partial charge in [0.25, 0.3) is 0 Å². The van der Waals surface area contributed by atoms with E-state index in [0.717, 1.165) is 74.7 Å². The van der Waals surface area contributed by atoms with Crippen molar-refractivity contribution in [2.75, 3.05) is 25.0 Å². The second-order valence-corrected chi connectivity index (χ2v) is 10.7. The number of benzene rings is 1. The van der Waals surface area contributed by atoms with Crippen LogP contribution in [0.5, 0.6) is 0 Å². The van der Waals surface area contributed by atoms with Gasteiger partial charge in [-0.3, -0.25) is 15.0 Å². The normalized spacial score (nSPS) is 18.6. The van der Waals surface area contributed by atoms with Gasteiger partial charge in [0.05, 0.1) is 23.0 Å². The lowest BCUT2D eigenvalue weighted by atomic mass is 9.97. The van der Waals surface area contributed by atoms with Gasteiger partial charge in [-0.05, 0) is 61.9 Å². The maximum absolute atomic E-state index is 5.14. The first-order valence-electron chi connectivity index (χ1n) is 13.3. The van der Waals surface area contributed by atoms with Crippen LogP contribution >= 0.6 is 12.4 Å². The third-order valence-electron chi connectivity index (χ3n) is 8.42. The average molecular weight is 550 g/mol. The number of aromatic nitrogens is 7. The van der Waals surface area contributed by atoms with Gasteiger partial charge >= 0.3 is 0 Å². The van der Waals surface area contributed by atoms with E-state index in [1.54, 1.807) is 12.4 Å². The number of hydrogen-bond donors (Lipinski definition) is 1. The van der Waals surface area contributed by atoms with Crippen molar-refractivity contribution in [3.8, 4) is 33.6 Å². The Morgan fingerprint density at radius 3 is 2.50 bits per heavy atom. The molecule has 2 atom stereocenters. The van der Waals surface area contributed by atoms with Crippen molar-refractivity contribution in [3.05, 3.63) is 79.0 Å². The number of likely N-dealkylation sites (tertiary alicyclic amines) is 1. The van der Waals surface area contributed by atoms with Gasteiger partial charge in [-0.25, -0.2) is 14.5 Å². The molecular weight excluding hydrogens is 522 g/mol. The van der Waals surface area contributed by atoms with Crippen molar-refractivity contribution < 1.29 is 0 Å². The van der Waals surface area contributed by atoms with Gasteiger partial charge in [-0.1, -0.05) is 12.1 Å². The number of nitrogens with one attached hydrogen (secondary N) is 1. The fraction of sp³-hybridized carbons (Fsp3) is 0.233. The second kappa shape index (κ2) is 9.39. The van der Waals surface area contributed by atoms with Gasteiger partial charge in [-0.2, -0.15) is 10.2 Å². The fourth-order valence-corrected chi connectivity index (χ4v) is 6.37. The number of aromatic amines is 1. The molecule has 8 rings (SSSR count). The zero-order valence-corrected chi connectivity index (χ0v) is 23.0. The zero-order valence-electron chi connectivity index (χ0n) is 22.2. The van der Waals surface area contributed by atoms with E-state index < -0.39 is 0 Å². The van der Waals surface area contributed by atoms with Crippen LogP contribution < -0.4 is 4.90 Å². The third kappa shape index (κ3) is 3.69. The molecule has 40 heavy (non-hydrogen) atoms. The first-order chi connectivity index (χ1) is 19.2. The molecule has 10 heteroatoms. The summed E-state index contributed by atoms with van der Waals surface area (Å²) in [6.45, 7) is 4.24. The topological polar surface area (TPSA) is 91.1 Å². The summed E-state index contributed by atoms with van der Waals surface area (Å²) in [5.74, 6) is 1.05. The number of anilines is 1. The summed E-state index contributed by atoms with van der Waals surface area (Å²) in [7, 11) is 2.22. The molecule has 2 bridgehead atoms. The number of nitrogens with zero attached hydrogens (tertiary/aromatic N) is 8. The highest BCUT2D eigenvalue weighted by Gasteiger charge is 2.41. The molecule has 9 nitrogen and oxygen atoms in total. The SMILES string of the molecule is Cc1ccc(-c2c(-c3ccncc3)nn3c(-c4ccc(N5C[C@@H]6C[C@H]5CN6C)nc4)ccnc23)c2cn[nH]c12.Cl. The van der Waals surface area contributed by atoms with Gasteiger partial charge in [0.1, 0.15) is 11.5 Å². The highest BCUT2D eigenvalue weighted by Crippen LogP contribution is 2.40. The molecule has 1 aromatic carbocycles. The molecule has 6 aromatic rings. The van der Waals surface area contributed by atoms with E-state index >= 15 is 0 Å². The smallest absolute Gasteiger partial charge is 0.164 e. The lowest BCUT2D eigenvalue weighted by Gasteiger charge is -2.32. The van der Waals surface area contributed by atoms with Crippen LogP contribution in [0.25, 0.3) is 50.2 Å². The Bertz CT molecular complexity index is 1840. The number of piperazine rings is 1. The van der Waals surface area contributed by atoms with Gasteiger partial charge in [0, 0.05) is 66.5 Å². The van der Waals surface area contributed by atoms with Gasteiger partial charge in [0.15, 0.2) is 5.65 Å². The number of H-pyrrole nitrogens is 1. The Morgan fingerprint density at radius 2 is 1.75 bits per heavy atom. The van der Waals surface area contributed by atoms with Crippen LogP contribution in [-0.4, -0.2) is 71.9 Å². The van der Waals surface area contributed by atoms with E-state index in [1.165, 1.54) is 6.42 Å². The number of aryl methyl sites for hydroxylation is 1. The minimum absolute atomic E-state index is 0. The number of pyridine rings is 2. The average Bonchev–Trinajstić information content (AvgIpc) is 3.77. The largest absolute Gasteiger partial charge is 0.351 e. The monoisotopic (exact) mass is 549 g/mol. The van der Waals surface area contributed by atoms with Crippen molar-refractivity contribution in [1.29, 1.82) is 0 Å². The van der Waals surface area contributed by atoms with Gasteiger partial charge in [0.2, 0.25) is 0 Å². The Hall–Kier alpha value is -4.34. The van der Waals surface area contributed by atoms with Crippen molar-refractivity contribution >= 4 is 34.8 Å². The van der Waals surface area contributed by atoms with Crippen LogP contribution in [0.15, 0.2) is 73.4 Å².